The van der Waals surface area contributed by atoms with E-state index in [9.17, 15) is 9.18 Å². The molecular formula is C18H25FN4O2. The summed E-state index contributed by atoms with van der Waals surface area (Å²) in [6, 6.07) is 6.33. The van der Waals surface area contributed by atoms with Crippen LogP contribution in [0.1, 0.15) is 24.7 Å². The minimum atomic E-state index is -0.264. The zero-order valence-electron chi connectivity index (χ0n) is 14.7. The number of urea groups is 1. The van der Waals surface area contributed by atoms with Crippen molar-refractivity contribution in [2.75, 3.05) is 26.8 Å². The molecule has 1 aromatic carbocycles. The zero-order valence-corrected chi connectivity index (χ0v) is 14.7. The van der Waals surface area contributed by atoms with Gasteiger partial charge in [-0.25, -0.2) is 14.2 Å². The van der Waals surface area contributed by atoms with Gasteiger partial charge in [-0.3, -0.25) is 0 Å². The van der Waals surface area contributed by atoms with Gasteiger partial charge in [0.1, 0.15) is 11.6 Å². The first-order valence-corrected chi connectivity index (χ1v) is 8.40. The monoisotopic (exact) mass is 348 g/mol. The first kappa shape index (κ1) is 18.9. The van der Waals surface area contributed by atoms with Crippen LogP contribution in [0.3, 0.4) is 0 Å². The van der Waals surface area contributed by atoms with E-state index in [1.165, 1.54) is 12.1 Å². The SMILES string of the molecule is CCCNC(=O)N(CCOC)Cc1nccn1Cc1cccc(F)c1. The van der Waals surface area contributed by atoms with Gasteiger partial charge in [0, 0.05) is 39.1 Å². The smallest absolute Gasteiger partial charge is 0.317 e. The molecule has 6 nitrogen and oxygen atoms in total. The van der Waals surface area contributed by atoms with E-state index in [4.69, 9.17) is 4.74 Å². The van der Waals surface area contributed by atoms with Gasteiger partial charge in [0.2, 0.25) is 0 Å². The lowest BCUT2D eigenvalue weighted by molar-refractivity contribution is 0.145. The number of benzene rings is 1. The quantitative estimate of drug-likeness (QED) is 0.758. The van der Waals surface area contributed by atoms with Gasteiger partial charge in [0.25, 0.3) is 0 Å². The third kappa shape index (κ3) is 5.86. The van der Waals surface area contributed by atoms with Crippen molar-refractivity contribution in [1.82, 2.24) is 19.8 Å². The lowest BCUT2D eigenvalue weighted by Crippen LogP contribution is -2.42. The molecule has 0 aliphatic heterocycles. The van der Waals surface area contributed by atoms with Gasteiger partial charge in [-0.05, 0) is 24.1 Å². The molecule has 7 heteroatoms. The Hall–Kier alpha value is -2.41. The van der Waals surface area contributed by atoms with E-state index >= 15 is 0 Å². The van der Waals surface area contributed by atoms with Gasteiger partial charge in [-0.1, -0.05) is 19.1 Å². The molecule has 0 aliphatic rings. The third-order valence-electron chi connectivity index (χ3n) is 3.75. The average molecular weight is 348 g/mol. The maximum absolute atomic E-state index is 13.4. The van der Waals surface area contributed by atoms with Gasteiger partial charge in [-0.2, -0.15) is 0 Å². The van der Waals surface area contributed by atoms with Crippen molar-refractivity contribution >= 4 is 6.03 Å². The van der Waals surface area contributed by atoms with Gasteiger partial charge in [0.15, 0.2) is 0 Å². The molecule has 0 fully saturated rings. The third-order valence-corrected chi connectivity index (χ3v) is 3.75. The van der Waals surface area contributed by atoms with Crippen molar-refractivity contribution < 1.29 is 13.9 Å². The van der Waals surface area contributed by atoms with Crippen LogP contribution >= 0.6 is 0 Å². The van der Waals surface area contributed by atoms with Crippen LogP contribution in [0.25, 0.3) is 0 Å². The zero-order chi connectivity index (χ0) is 18.1. The molecule has 2 rings (SSSR count). The summed E-state index contributed by atoms with van der Waals surface area (Å²) in [5, 5.41) is 2.88. The fourth-order valence-electron chi connectivity index (χ4n) is 2.44. The summed E-state index contributed by atoms with van der Waals surface area (Å²) in [7, 11) is 1.60. The predicted molar refractivity (Wildman–Crippen MR) is 93.7 cm³/mol. The van der Waals surface area contributed by atoms with E-state index in [1.807, 2.05) is 23.8 Å². The molecule has 1 aromatic heterocycles. The fourth-order valence-corrected chi connectivity index (χ4v) is 2.44. The first-order valence-electron chi connectivity index (χ1n) is 8.40. The minimum Gasteiger partial charge on any atom is -0.383 e. The largest absolute Gasteiger partial charge is 0.383 e. The van der Waals surface area contributed by atoms with Gasteiger partial charge < -0.3 is 19.5 Å². The van der Waals surface area contributed by atoms with E-state index < -0.39 is 0 Å². The van der Waals surface area contributed by atoms with Crippen LogP contribution in [0.4, 0.5) is 9.18 Å². The highest BCUT2D eigenvalue weighted by Crippen LogP contribution is 2.10. The number of aromatic nitrogens is 2. The molecule has 0 bridgehead atoms. The van der Waals surface area contributed by atoms with Crippen molar-refractivity contribution in [3.05, 3.63) is 53.9 Å². The van der Waals surface area contributed by atoms with Gasteiger partial charge >= 0.3 is 6.03 Å². The lowest BCUT2D eigenvalue weighted by atomic mass is 10.2. The van der Waals surface area contributed by atoms with E-state index in [2.05, 4.69) is 10.3 Å². The van der Waals surface area contributed by atoms with Gasteiger partial charge in [0.05, 0.1) is 13.2 Å². The van der Waals surface area contributed by atoms with Gasteiger partial charge in [-0.15, -0.1) is 0 Å². The number of rotatable bonds is 9. The van der Waals surface area contributed by atoms with E-state index in [0.717, 1.165) is 17.8 Å². The molecule has 0 aliphatic carbocycles. The van der Waals surface area contributed by atoms with Crippen molar-refractivity contribution in [3.8, 4) is 0 Å². The summed E-state index contributed by atoms with van der Waals surface area (Å²) in [5.41, 5.74) is 0.845. The highest BCUT2D eigenvalue weighted by molar-refractivity contribution is 5.74. The number of nitrogens with one attached hydrogen (secondary N) is 1. The van der Waals surface area contributed by atoms with Crippen molar-refractivity contribution in [2.24, 2.45) is 0 Å². The van der Waals surface area contributed by atoms with Crippen LogP contribution in [0.2, 0.25) is 0 Å². The topological polar surface area (TPSA) is 59.4 Å². The molecule has 2 aromatic rings. The standard InChI is InChI=1S/C18H25FN4O2/c1-3-7-21-18(24)23(10-11-25-2)14-17-20-8-9-22(17)13-15-5-4-6-16(19)12-15/h4-6,8-9,12H,3,7,10-11,13-14H2,1-2H3,(H,21,24). The molecule has 25 heavy (non-hydrogen) atoms. The molecule has 0 atom stereocenters. The van der Waals surface area contributed by atoms with Crippen molar-refractivity contribution in [2.45, 2.75) is 26.4 Å². The number of nitrogens with zero attached hydrogens (tertiary/aromatic N) is 3. The Morgan fingerprint density at radius 1 is 1.44 bits per heavy atom. The summed E-state index contributed by atoms with van der Waals surface area (Å²) >= 11 is 0. The Morgan fingerprint density at radius 3 is 3.00 bits per heavy atom. The number of halogens is 1. The highest BCUT2D eigenvalue weighted by Gasteiger charge is 2.16. The van der Waals surface area contributed by atoms with Crippen molar-refractivity contribution in [3.63, 3.8) is 0 Å². The molecule has 1 heterocycles. The minimum absolute atomic E-state index is 0.140. The maximum Gasteiger partial charge on any atom is 0.317 e. The Bertz CT molecular complexity index is 675. The first-order chi connectivity index (χ1) is 12.1. The molecule has 0 radical (unpaired) electrons. The molecular weight excluding hydrogens is 323 g/mol. The number of methoxy groups -OCH3 is 1. The lowest BCUT2D eigenvalue weighted by Gasteiger charge is -2.23. The summed E-state index contributed by atoms with van der Waals surface area (Å²) in [4.78, 5) is 18.3. The van der Waals surface area contributed by atoms with Crippen LogP contribution in [0.5, 0.6) is 0 Å². The molecule has 136 valence electrons. The van der Waals surface area contributed by atoms with Crippen LogP contribution in [0, 0.1) is 5.82 Å². The molecule has 0 unspecified atom stereocenters. The van der Waals surface area contributed by atoms with Crippen LogP contribution in [-0.4, -0.2) is 47.3 Å². The number of carbonyl (C=O) groups is 1. The molecule has 0 saturated heterocycles. The summed E-state index contributed by atoms with van der Waals surface area (Å²) in [6.07, 6.45) is 4.39. The van der Waals surface area contributed by atoms with Crippen LogP contribution in [-0.2, 0) is 17.8 Å². The molecule has 0 saturated carbocycles. The number of hydrogen-bond acceptors (Lipinski definition) is 3. The normalized spacial score (nSPS) is 10.7. The number of imidazole rings is 1. The molecule has 0 spiro atoms. The second-order valence-corrected chi connectivity index (χ2v) is 5.75. The average Bonchev–Trinajstić information content (AvgIpc) is 3.03. The second kappa shape index (κ2) is 9.78. The maximum atomic E-state index is 13.4. The Kier molecular flexibility index (Phi) is 7.40. The summed E-state index contributed by atoms with van der Waals surface area (Å²) in [6.45, 7) is 4.41. The van der Waals surface area contributed by atoms with Crippen molar-refractivity contribution in [1.29, 1.82) is 0 Å². The second-order valence-electron chi connectivity index (χ2n) is 5.75. The number of ether oxygens (including phenoxy) is 1. The van der Waals surface area contributed by atoms with E-state index in [-0.39, 0.29) is 11.8 Å². The number of hydrogen-bond donors (Lipinski definition) is 1. The summed E-state index contributed by atoms with van der Waals surface area (Å²) in [5.74, 6) is 0.479. The number of amides is 2. The van der Waals surface area contributed by atoms with E-state index in [1.54, 1.807) is 24.3 Å². The fraction of sp³-hybridized carbons (Fsp3) is 0.444. The van der Waals surface area contributed by atoms with Crippen LogP contribution in [0.15, 0.2) is 36.7 Å². The number of carbonyl (C=O) groups excluding carboxylic acids is 1. The predicted octanol–water partition coefficient (Wildman–Crippen LogP) is 2.64. The molecule has 1 N–H and O–H groups in total. The highest BCUT2D eigenvalue weighted by atomic mass is 19.1. The Labute approximate surface area is 147 Å². The summed E-state index contributed by atoms with van der Waals surface area (Å²) < 4.78 is 20.4. The Morgan fingerprint density at radius 2 is 2.28 bits per heavy atom. The van der Waals surface area contributed by atoms with Crippen LogP contribution < -0.4 is 5.32 Å². The Balaban J connectivity index is 2.08. The van der Waals surface area contributed by atoms with E-state index in [0.29, 0.717) is 32.8 Å². The molecule has 2 amide bonds.